The summed E-state index contributed by atoms with van der Waals surface area (Å²) in [6.07, 6.45) is 3.69. The lowest BCUT2D eigenvalue weighted by molar-refractivity contribution is -0.120. The maximum atomic E-state index is 12.3. The second kappa shape index (κ2) is 9.63. The van der Waals surface area contributed by atoms with E-state index in [1.807, 2.05) is 79.0 Å². The Morgan fingerprint density at radius 1 is 1.03 bits per heavy atom. The van der Waals surface area contributed by atoms with Crippen molar-refractivity contribution in [3.05, 3.63) is 95.7 Å². The lowest BCUT2D eigenvalue weighted by atomic mass is 10.1. The number of hydrogen-bond acceptors (Lipinski definition) is 4. The van der Waals surface area contributed by atoms with Crippen molar-refractivity contribution in [1.29, 1.82) is 0 Å². The summed E-state index contributed by atoms with van der Waals surface area (Å²) >= 11 is 0. The summed E-state index contributed by atoms with van der Waals surface area (Å²) in [6, 6.07) is 23.3. The Labute approximate surface area is 180 Å². The summed E-state index contributed by atoms with van der Waals surface area (Å²) in [5.74, 6) is 1.06. The molecule has 4 aromatic rings. The minimum Gasteiger partial charge on any atom is -0.493 e. The minimum absolute atomic E-state index is 0.185. The van der Waals surface area contributed by atoms with E-state index >= 15 is 0 Å². The number of methoxy groups -OCH3 is 1. The third-order valence-electron chi connectivity index (χ3n) is 4.85. The van der Waals surface area contributed by atoms with Crippen LogP contribution in [0.5, 0.6) is 11.5 Å². The Morgan fingerprint density at radius 3 is 2.68 bits per heavy atom. The number of aromatic amines is 1. The van der Waals surface area contributed by atoms with E-state index in [0.29, 0.717) is 18.1 Å². The smallest absolute Gasteiger partial charge is 0.244 e. The molecular weight excluding hydrogens is 390 g/mol. The third kappa shape index (κ3) is 5.11. The molecule has 0 aliphatic carbocycles. The maximum Gasteiger partial charge on any atom is 0.244 e. The topological polar surface area (TPSA) is 75.7 Å². The average Bonchev–Trinajstić information content (AvgIpc) is 3.21. The number of aromatic nitrogens is 1. The van der Waals surface area contributed by atoms with E-state index in [1.54, 1.807) is 13.3 Å². The molecule has 0 unspecified atom stereocenters. The van der Waals surface area contributed by atoms with E-state index in [0.717, 1.165) is 27.6 Å². The monoisotopic (exact) mass is 413 g/mol. The lowest BCUT2D eigenvalue weighted by Gasteiger charge is -2.11. The zero-order valence-corrected chi connectivity index (χ0v) is 17.2. The molecule has 0 bridgehead atoms. The second-order valence-electron chi connectivity index (χ2n) is 7.01. The van der Waals surface area contributed by atoms with Crippen LogP contribution in [0.4, 0.5) is 0 Å². The number of benzene rings is 3. The molecule has 2 N–H and O–H groups in total. The Morgan fingerprint density at radius 2 is 1.84 bits per heavy atom. The van der Waals surface area contributed by atoms with Crippen molar-refractivity contribution in [2.75, 3.05) is 7.11 Å². The number of ether oxygens (including phenoxy) is 2. The Hall–Kier alpha value is -4.06. The van der Waals surface area contributed by atoms with Gasteiger partial charge in [-0.15, -0.1) is 0 Å². The van der Waals surface area contributed by atoms with Crippen LogP contribution in [0.3, 0.4) is 0 Å². The molecule has 3 aromatic carbocycles. The molecule has 0 atom stereocenters. The molecule has 1 heterocycles. The van der Waals surface area contributed by atoms with Crippen LogP contribution in [-0.4, -0.2) is 24.2 Å². The number of rotatable bonds is 8. The summed E-state index contributed by atoms with van der Waals surface area (Å²) in [4.78, 5) is 15.5. The number of fused-ring (bicyclic) bond motifs is 1. The first-order valence-electron chi connectivity index (χ1n) is 9.94. The summed E-state index contributed by atoms with van der Waals surface area (Å²) in [6.45, 7) is 0.430. The molecule has 0 saturated heterocycles. The van der Waals surface area contributed by atoms with Crippen LogP contribution in [0.15, 0.2) is 84.1 Å². The second-order valence-corrected chi connectivity index (χ2v) is 7.01. The number of H-pyrrole nitrogens is 1. The minimum atomic E-state index is -0.185. The molecule has 4 rings (SSSR count). The van der Waals surface area contributed by atoms with E-state index in [-0.39, 0.29) is 12.3 Å². The van der Waals surface area contributed by atoms with Crippen molar-refractivity contribution in [2.24, 2.45) is 5.10 Å². The molecule has 6 nitrogen and oxygen atoms in total. The predicted octanol–water partition coefficient (Wildman–Crippen LogP) is 4.45. The Kier molecular flexibility index (Phi) is 6.28. The first kappa shape index (κ1) is 20.2. The number of para-hydroxylation sites is 1. The number of hydrazone groups is 1. The van der Waals surface area contributed by atoms with Gasteiger partial charge in [-0.25, -0.2) is 5.43 Å². The van der Waals surface area contributed by atoms with Crippen LogP contribution < -0.4 is 14.9 Å². The van der Waals surface area contributed by atoms with Crippen LogP contribution in [-0.2, 0) is 17.8 Å². The van der Waals surface area contributed by atoms with Gasteiger partial charge >= 0.3 is 0 Å². The van der Waals surface area contributed by atoms with Gasteiger partial charge in [-0.3, -0.25) is 4.79 Å². The van der Waals surface area contributed by atoms with E-state index in [2.05, 4.69) is 15.5 Å². The van der Waals surface area contributed by atoms with Gasteiger partial charge in [-0.05, 0) is 41.0 Å². The number of nitrogens with zero attached hydrogens (tertiary/aromatic N) is 1. The molecule has 0 aliphatic rings. The van der Waals surface area contributed by atoms with Gasteiger partial charge in [-0.2, -0.15) is 5.10 Å². The summed E-state index contributed by atoms with van der Waals surface area (Å²) in [7, 11) is 1.60. The average molecular weight is 413 g/mol. The third-order valence-corrected chi connectivity index (χ3v) is 4.85. The van der Waals surface area contributed by atoms with Crippen molar-refractivity contribution < 1.29 is 14.3 Å². The van der Waals surface area contributed by atoms with Gasteiger partial charge in [0.05, 0.1) is 19.7 Å². The van der Waals surface area contributed by atoms with Crippen molar-refractivity contribution in [3.8, 4) is 11.5 Å². The highest BCUT2D eigenvalue weighted by Gasteiger charge is 2.08. The first-order valence-corrected chi connectivity index (χ1v) is 9.94. The van der Waals surface area contributed by atoms with E-state index < -0.39 is 0 Å². The zero-order chi connectivity index (χ0) is 21.5. The van der Waals surface area contributed by atoms with Gasteiger partial charge in [0.1, 0.15) is 6.61 Å². The molecule has 1 amide bonds. The van der Waals surface area contributed by atoms with Gasteiger partial charge in [0.15, 0.2) is 11.5 Å². The number of carbonyl (C=O) groups is 1. The lowest BCUT2D eigenvalue weighted by Crippen LogP contribution is -2.19. The molecule has 31 heavy (non-hydrogen) atoms. The Bertz CT molecular complexity index is 1200. The van der Waals surface area contributed by atoms with Gasteiger partial charge in [0.2, 0.25) is 5.91 Å². The van der Waals surface area contributed by atoms with E-state index in [9.17, 15) is 4.79 Å². The van der Waals surface area contributed by atoms with E-state index in [1.165, 1.54) is 0 Å². The molecule has 0 aliphatic heterocycles. The van der Waals surface area contributed by atoms with E-state index in [4.69, 9.17) is 9.47 Å². The number of amides is 1. The molecule has 0 fully saturated rings. The molecule has 0 radical (unpaired) electrons. The fraction of sp³-hybridized carbons (Fsp3) is 0.120. The normalized spacial score (nSPS) is 11.0. The van der Waals surface area contributed by atoms with Crippen molar-refractivity contribution >= 4 is 23.0 Å². The quantitative estimate of drug-likeness (QED) is 0.331. The summed E-state index contributed by atoms with van der Waals surface area (Å²) < 4.78 is 11.3. The Balaban J connectivity index is 1.38. The van der Waals surface area contributed by atoms with Gasteiger partial charge < -0.3 is 14.5 Å². The highest BCUT2D eigenvalue weighted by Crippen LogP contribution is 2.28. The van der Waals surface area contributed by atoms with Crippen LogP contribution in [0.2, 0.25) is 0 Å². The van der Waals surface area contributed by atoms with Crippen molar-refractivity contribution in [1.82, 2.24) is 10.4 Å². The van der Waals surface area contributed by atoms with Gasteiger partial charge in [0.25, 0.3) is 0 Å². The molecule has 1 aromatic heterocycles. The maximum absolute atomic E-state index is 12.3. The van der Waals surface area contributed by atoms with Gasteiger partial charge in [-0.1, -0.05) is 48.5 Å². The SMILES string of the molecule is COc1ccc(/C=N\NC(=O)Cc2c[nH]c3ccccc23)cc1OCc1ccccc1. The van der Waals surface area contributed by atoms with Crippen molar-refractivity contribution in [2.45, 2.75) is 13.0 Å². The summed E-state index contributed by atoms with van der Waals surface area (Å²) in [5.41, 5.74) is 6.38. The largest absolute Gasteiger partial charge is 0.493 e. The molecule has 6 heteroatoms. The number of carbonyl (C=O) groups excluding carboxylic acids is 1. The fourth-order valence-corrected chi connectivity index (χ4v) is 3.29. The standard InChI is InChI=1S/C25H23N3O3/c1-30-23-12-11-19(13-24(23)31-17-18-7-3-2-4-8-18)15-27-28-25(29)14-20-16-26-22-10-6-5-9-21(20)22/h2-13,15-16,26H,14,17H2,1H3,(H,28,29)/b27-15-. The van der Waals surface area contributed by atoms with Crippen LogP contribution >= 0.6 is 0 Å². The van der Waals surface area contributed by atoms with Crippen molar-refractivity contribution in [3.63, 3.8) is 0 Å². The van der Waals surface area contributed by atoms with Crippen LogP contribution in [0.25, 0.3) is 10.9 Å². The van der Waals surface area contributed by atoms with Crippen LogP contribution in [0, 0.1) is 0 Å². The van der Waals surface area contributed by atoms with Crippen LogP contribution in [0.1, 0.15) is 16.7 Å². The predicted molar refractivity (Wildman–Crippen MR) is 122 cm³/mol. The van der Waals surface area contributed by atoms with Gasteiger partial charge in [0, 0.05) is 17.1 Å². The number of nitrogens with one attached hydrogen (secondary N) is 2. The zero-order valence-electron chi connectivity index (χ0n) is 17.2. The highest BCUT2D eigenvalue weighted by molar-refractivity contribution is 5.89. The molecule has 0 spiro atoms. The fourth-order valence-electron chi connectivity index (χ4n) is 3.29. The first-order chi connectivity index (χ1) is 15.2. The number of hydrogen-bond donors (Lipinski definition) is 2. The molecular formula is C25H23N3O3. The highest BCUT2D eigenvalue weighted by atomic mass is 16.5. The molecule has 156 valence electrons. The molecule has 0 saturated carbocycles. The summed E-state index contributed by atoms with van der Waals surface area (Å²) in [5, 5.41) is 5.12.